The Bertz CT molecular complexity index is 1350. The number of carbonyl (C=O) groups is 3. The van der Waals surface area contributed by atoms with E-state index in [9.17, 15) is 28.7 Å². The van der Waals surface area contributed by atoms with Crippen molar-refractivity contribution >= 4 is 25.7 Å². The van der Waals surface area contributed by atoms with Crippen molar-refractivity contribution in [1.82, 2.24) is 0 Å². The average molecular weight is 694 g/mol. The van der Waals surface area contributed by atoms with E-state index in [1.54, 1.807) is 6.92 Å². The van der Waals surface area contributed by atoms with Gasteiger partial charge >= 0.3 is 71.1 Å². The summed E-state index contributed by atoms with van der Waals surface area (Å²) in [5, 5.41) is 0. The Morgan fingerprint density at radius 2 is 1.15 bits per heavy atom. The largest absolute Gasteiger partial charge is 1.00 e. The first kappa shape index (κ1) is 50.7. The van der Waals surface area contributed by atoms with Crippen LogP contribution in [-0.2, 0) is 32.9 Å². The zero-order chi connectivity index (χ0) is 33.3. The molecule has 2 N–H and O–H groups in total. The van der Waals surface area contributed by atoms with Gasteiger partial charge in [-0.1, -0.05) is 77.1 Å². The molecule has 0 saturated carbocycles. The second kappa shape index (κ2) is 37.3. The zero-order valence-electron chi connectivity index (χ0n) is 27.7. The van der Waals surface area contributed by atoms with Gasteiger partial charge in [-0.2, -0.15) is 0 Å². The molecule has 0 fully saturated rings. The number of primary amides is 1. The van der Waals surface area contributed by atoms with Gasteiger partial charge in [0.05, 0.1) is 14.4 Å². The summed E-state index contributed by atoms with van der Waals surface area (Å²) in [6.45, 7) is 3.83. The van der Waals surface area contributed by atoms with Crippen LogP contribution in [0.25, 0.3) is 0 Å². The maximum atomic E-state index is 12.1. The van der Waals surface area contributed by atoms with Crippen LogP contribution in [0.2, 0.25) is 0 Å². The Kier molecular flexibility index (Phi) is 41.2. The van der Waals surface area contributed by atoms with E-state index in [1.807, 2.05) is 0 Å². The number of unbranched alkanes of at least 4 members (excludes halogenated alkanes) is 10. The van der Waals surface area contributed by atoms with E-state index < -0.39 is 39.1 Å². The third-order valence-electron chi connectivity index (χ3n) is 4.95. The molecule has 0 heterocycles. The molecule has 1 atom stereocenters. The van der Waals surface area contributed by atoms with Crippen molar-refractivity contribution in [2.75, 3.05) is 13.2 Å². The Hall–Kier alpha value is -2.12. The number of hydrogen-bond acceptors (Lipinski definition) is 9. The van der Waals surface area contributed by atoms with Gasteiger partial charge in [0.2, 0.25) is 5.91 Å². The molecule has 0 aliphatic rings. The smallest absolute Gasteiger partial charge is 0.790 e. The molecule has 10 nitrogen and oxygen atoms in total. The number of carbonyl (C=O) groups excluding carboxylic acids is 3. The summed E-state index contributed by atoms with van der Waals surface area (Å²) in [5.74, 6) is 26.8. The van der Waals surface area contributed by atoms with Gasteiger partial charge in [-0.25, -0.2) is 4.79 Å². The van der Waals surface area contributed by atoms with Gasteiger partial charge < -0.3 is 34.1 Å². The zero-order valence-corrected chi connectivity index (χ0v) is 32.6. The molecule has 0 rings (SSSR count). The predicted molar refractivity (Wildman–Crippen MR) is 186 cm³/mol. The van der Waals surface area contributed by atoms with Crippen molar-refractivity contribution in [2.24, 2.45) is 5.73 Å². The van der Waals surface area contributed by atoms with Gasteiger partial charge in [0.1, 0.15) is 6.61 Å². The molecule has 46 heavy (non-hydrogen) atoms. The van der Waals surface area contributed by atoms with E-state index in [1.165, 1.54) is 51.9 Å². The minimum atomic E-state index is -5.31. The quantitative estimate of drug-likeness (QED) is 0.0485. The number of phosphoric ester groups is 1. The summed E-state index contributed by atoms with van der Waals surface area (Å²) in [7, 11) is -5.31. The van der Waals surface area contributed by atoms with E-state index in [2.05, 4.69) is 88.2 Å². The molecule has 0 aliphatic carbocycles. The number of esters is 2. The van der Waals surface area contributed by atoms with Crippen LogP contribution < -0.4 is 74.6 Å². The minimum absolute atomic E-state index is 0. The Morgan fingerprint density at radius 3 is 1.59 bits per heavy atom. The molecule has 0 bridgehead atoms. The number of ether oxygens (including phenoxy) is 2. The van der Waals surface area contributed by atoms with Crippen molar-refractivity contribution in [3.05, 3.63) is 0 Å². The van der Waals surface area contributed by atoms with Crippen LogP contribution in [-0.4, -0.2) is 37.2 Å². The molecule has 0 radical (unpaired) electrons. The molecule has 260 valence electrons. The van der Waals surface area contributed by atoms with Crippen molar-refractivity contribution < 1.29 is 118 Å². The molecule has 0 aromatic carbocycles. The fraction of sp³-hybridized carbons (Fsp3) is 0.545. The number of rotatable bonds is 18. The predicted octanol–water partition coefficient (Wildman–Crippen LogP) is -0.766. The Morgan fingerprint density at radius 1 is 0.739 bits per heavy atom. The fourth-order valence-electron chi connectivity index (χ4n) is 3.07. The summed E-state index contributed by atoms with van der Waals surface area (Å²) in [6.07, 6.45) is 11.2. The topological polar surface area (TPSA) is 168 Å². The Balaban J connectivity index is -0.0000000759. The molecule has 0 aromatic rings. The maximum Gasteiger partial charge on any atom is 1.00 e. The van der Waals surface area contributed by atoms with Crippen molar-refractivity contribution in [2.45, 2.75) is 104 Å². The van der Waals surface area contributed by atoms with Gasteiger partial charge in [0, 0.05) is 35.0 Å². The summed E-state index contributed by atoms with van der Waals surface area (Å²) >= 11 is 0. The van der Waals surface area contributed by atoms with Crippen LogP contribution in [0.5, 0.6) is 0 Å². The third-order valence-corrected chi connectivity index (χ3v) is 5.42. The van der Waals surface area contributed by atoms with E-state index in [4.69, 9.17) is 9.47 Å². The molecule has 0 aliphatic heterocycles. The van der Waals surface area contributed by atoms with Crippen LogP contribution in [0.1, 0.15) is 114 Å². The number of nitrogens with two attached hydrogens (primary N) is 1. The van der Waals surface area contributed by atoms with Gasteiger partial charge in [-0.3, -0.25) is 9.59 Å². The SMILES string of the molecule is CC#CC#CC#CC#CC#CC#CC(=O)OC[C@H](COP(=O)([O-])[O-])OC(=O)CCCCCCCCCCCCC.CC(N)=O.[HH].[HH].[HH].[HH].[HH].[HH].[HH].[HH].[HH].[HH].[HH].[Na+].[Na+]. The fourth-order valence-corrected chi connectivity index (χ4v) is 3.42. The van der Waals surface area contributed by atoms with Gasteiger partial charge in [-0.05, 0) is 72.5 Å². The van der Waals surface area contributed by atoms with Crippen LogP contribution in [0.4, 0.5) is 0 Å². The maximum absolute atomic E-state index is 12.1. The van der Waals surface area contributed by atoms with Gasteiger partial charge in [-0.15, -0.1) is 0 Å². The van der Waals surface area contributed by atoms with Crippen molar-refractivity contribution in [3.8, 4) is 71.0 Å². The van der Waals surface area contributed by atoms with Crippen LogP contribution in [0, 0.1) is 71.0 Å². The normalized spacial score (nSPS) is 9.24. The van der Waals surface area contributed by atoms with Crippen LogP contribution in [0.3, 0.4) is 0 Å². The summed E-state index contributed by atoms with van der Waals surface area (Å²) in [6, 6.07) is 0. The van der Waals surface area contributed by atoms with E-state index in [-0.39, 0.29) is 87.1 Å². The molecular formula is C33H62NNa2O9P. The summed E-state index contributed by atoms with van der Waals surface area (Å²) in [5.41, 5.74) is 4.47. The second-order valence-electron chi connectivity index (χ2n) is 8.97. The average Bonchev–Trinajstić information content (AvgIpc) is 2.95. The first-order valence-corrected chi connectivity index (χ1v) is 15.7. The van der Waals surface area contributed by atoms with Gasteiger partial charge in [0.15, 0.2) is 6.10 Å². The summed E-state index contributed by atoms with van der Waals surface area (Å²) in [4.78, 5) is 54.7. The van der Waals surface area contributed by atoms with E-state index in [0.29, 0.717) is 6.42 Å². The van der Waals surface area contributed by atoms with Crippen molar-refractivity contribution in [1.29, 1.82) is 0 Å². The molecular weight excluding hydrogens is 631 g/mol. The number of amides is 1. The Labute approximate surface area is 335 Å². The monoisotopic (exact) mass is 693 g/mol. The van der Waals surface area contributed by atoms with E-state index >= 15 is 0 Å². The van der Waals surface area contributed by atoms with Crippen LogP contribution >= 0.6 is 7.82 Å². The molecule has 13 heteroatoms. The molecule has 0 spiro atoms. The number of phosphoric acid groups is 1. The summed E-state index contributed by atoms with van der Waals surface area (Å²) < 4.78 is 25.0. The molecule has 1 amide bonds. The first-order chi connectivity index (χ1) is 21.0. The molecule has 0 saturated heterocycles. The second-order valence-corrected chi connectivity index (χ2v) is 10.1. The molecule has 0 unspecified atom stereocenters. The standard InChI is InChI=1S/C31H37O8P.C2H5NO.2Na.11H2/c1-3-5-7-9-11-13-15-17-19-21-23-25-30(32)37-27-29(28-38-40(34,35)36)39-31(33)26-24-22-20-18-16-14-12-10-8-6-4-2;1-2(3)4;;;;;;;;;;;;;/h29H,4,6,8,10,12,14,16,18,20,22,24,26-28H2,1-2H3,(H2,34,35,36);1H3,(H2,3,4);;;11*1H/q;;2*+1;;;;;;;;;;;/p-2/t29-;;;;;;;;;;;;;;/m1............../s1. The van der Waals surface area contributed by atoms with E-state index in [0.717, 1.165) is 19.3 Å². The van der Waals surface area contributed by atoms with Crippen LogP contribution in [0.15, 0.2) is 0 Å². The number of hydrogen-bond donors (Lipinski definition) is 1. The first-order valence-electron chi connectivity index (χ1n) is 14.2. The molecule has 0 aromatic heterocycles. The minimum Gasteiger partial charge on any atom is -0.790 e. The third kappa shape index (κ3) is 46.3. The van der Waals surface area contributed by atoms with Gasteiger partial charge in [0.25, 0.3) is 0 Å². The van der Waals surface area contributed by atoms with Crippen molar-refractivity contribution in [3.63, 3.8) is 0 Å².